The summed E-state index contributed by atoms with van der Waals surface area (Å²) in [5.41, 5.74) is -0.334. The Bertz CT molecular complexity index is 973. The van der Waals surface area contributed by atoms with Crippen molar-refractivity contribution < 1.29 is 27.4 Å². The summed E-state index contributed by atoms with van der Waals surface area (Å²) in [5, 5.41) is 7.72. The average Bonchev–Trinajstić information content (AvgIpc) is 3.17. The molecule has 0 unspecified atom stereocenters. The molecule has 2 fully saturated rings. The summed E-state index contributed by atoms with van der Waals surface area (Å²) in [5.74, 6) is 0.775. The summed E-state index contributed by atoms with van der Waals surface area (Å²) in [6.07, 6.45) is -3.21. The fraction of sp³-hybridized carbons (Fsp3) is 0.667. The number of piperidine rings is 1. The van der Waals surface area contributed by atoms with Crippen LogP contribution in [0.5, 0.6) is 5.75 Å². The number of nitrogens with one attached hydrogen (secondary N) is 1. The van der Waals surface area contributed by atoms with Crippen LogP contribution in [0.3, 0.4) is 0 Å². The molecule has 2 aromatic rings. The number of amides is 1. The number of anilines is 1. The van der Waals surface area contributed by atoms with Gasteiger partial charge in [-0.1, -0.05) is 0 Å². The molecule has 3 heterocycles. The maximum Gasteiger partial charge on any atom is 0.425 e. The zero-order valence-corrected chi connectivity index (χ0v) is 18.5. The third-order valence-electron chi connectivity index (χ3n) is 5.87. The lowest BCUT2D eigenvalue weighted by Gasteiger charge is -2.38. The van der Waals surface area contributed by atoms with Gasteiger partial charge in [0.25, 0.3) is 0 Å². The van der Waals surface area contributed by atoms with Gasteiger partial charge in [0.05, 0.1) is 0 Å². The molecule has 0 radical (unpaired) electrons. The average molecular weight is 455 g/mol. The quantitative estimate of drug-likeness (QED) is 0.747. The highest BCUT2D eigenvalue weighted by atomic mass is 19.4. The van der Waals surface area contributed by atoms with Crippen molar-refractivity contribution in [2.75, 3.05) is 18.4 Å². The minimum Gasteiger partial charge on any atom is -0.477 e. The molecule has 1 N–H and O–H groups in total. The summed E-state index contributed by atoms with van der Waals surface area (Å²) in [6, 6.07) is 3.08. The topological polar surface area (TPSA) is 81.0 Å². The molecular weight excluding hydrogens is 427 g/mol. The Hall–Kier alpha value is -2.72. The van der Waals surface area contributed by atoms with Crippen LogP contribution in [-0.4, -0.2) is 62.6 Å². The molecule has 4 rings (SSSR count). The zero-order chi connectivity index (χ0) is 23.3. The van der Waals surface area contributed by atoms with Gasteiger partial charge in [0, 0.05) is 25.3 Å². The van der Waals surface area contributed by atoms with Crippen LogP contribution in [0, 0.1) is 11.8 Å². The van der Waals surface area contributed by atoms with Crippen LogP contribution in [0.15, 0.2) is 18.3 Å². The molecule has 2 aliphatic rings. The first-order valence-electron chi connectivity index (χ1n) is 10.7. The van der Waals surface area contributed by atoms with E-state index in [0.29, 0.717) is 19.0 Å². The Morgan fingerprint density at radius 3 is 2.47 bits per heavy atom. The van der Waals surface area contributed by atoms with Gasteiger partial charge in [0.15, 0.2) is 17.5 Å². The van der Waals surface area contributed by atoms with E-state index in [2.05, 4.69) is 15.4 Å². The van der Waals surface area contributed by atoms with Gasteiger partial charge in [-0.2, -0.15) is 18.2 Å². The number of aromatic nitrogens is 3. The number of rotatable bonds is 4. The van der Waals surface area contributed by atoms with Gasteiger partial charge >= 0.3 is 12.3 Å². The van der Waals surface area contributed by atoms with Gasteiger partial charge in [-0.3, -0.25) is 0 Å². The fourth-order valence-corrected chi connectivity index (χ4v) is 4.38. The fourth-order valence-electron chi connectivity index (χ4n) is 4.38. The van der Waals surface area contributed by atoms with Crippen LogP contribution in [0.2, 0.25) is 0 Å². The lowest BCUT2D eigenvalue weighted by Crippen LogP contribution is -2.51. The normalized spacial score (nSPS) is 24.5. The predicted octanol–water partition coefficient (Wildman–Crippen LogP) is 4.12. The smallest absolute Gasteiger partial charge is 0.425 e. The van der Waals surface area contributed by atoms with Crippen molar-refractivity contribution in [2.24, 2.45) is 11.8 Å². The van der Waals surface area contributed by atoms with E-state index >= 15 is 0 Å². The van der Waals surface area contributed by atoms with E-state index in [9.17, 15) is 18.0 Å². The molecule has 1 aliphatic heterocycles. The number of pyridine rings is 1. The summed E-state index contributed by atoms with van der Waals surface area (Å²) in [4.78, 5) is 18.6. The van der Waals surface area contributed by atoms with Gasteiger partial charge in [-0.05, 0) is 64.5 Å². The third-order valence-corrected chi connectivity index (χ3v) is 5.87. The summed E-state index contributed by atoms with van der Waals surface area (Å²) >= 11 is 0. The number of carbonyl (C=O) groups excluding carboxylic acids is 1. The second kappa shape index (κ2) is 8.00. The third kappa shape index (κ3) is 4.71. The highest BCUT2D eigenvalue weighted by Gasteiger charge is 2.44. The zero-order valence-electron chi connectivity index (χ0n) is 18.5. The number of likely N-dealkylation sites (tertiary alicyclic amines) is 1. The number of ether oxygens (including phenoxy) is 2. The minimum absolute atomic E-state index is 0.0144. The minimum atomic E-state index is -4.48. The number of hydrogen-bond donors (Lipinski definition) is 1. The molecular formula is C21H28F3N5O3. The highest BCUT2D eigenvalue weighted by molar-refractivity contribution is 5.68. The van der Waals surface area contributed by atoms with Gasteiger partial charge in [-0.25, -0.2) is 9.31 Å². The molecule has 32 heavy (non-hydrogen) atoms. The molecule has 176 valence electrons. The Morgan fingerprint density at radius 2 is 1.88 bits per heavy atom. The standard InChI is InChI=1S/C21H28F3N5O3/c1-12(21(22,23)24)31-15-6-5-9-29-17(15)26-18(27-29)25-16-13-7-8-14(16)11-28(10-13)19(30)32-20(2,3)4/h5-6,9,12-14,16H,7-8,10-11H2,1-4H3,(H,25,27)/t12-,13-,14+,16-/m1/s1. The molecule has 0 spiro atoms. The Labute approximate surface area is 184 Å². The second-order valence-corrected chi connectivity index (χ2v) is 9.53. The number of alkyl halides is 3. The molecule has 1 saturated heterocycles. The van der Waals surface area contributed by atoms with Crippen molar-refractivity contribution in [3.8, 4) is 5.75 Å². The van der Waals surface area contributed by atoms with Crippen LogP contribution in [0.4, 0.5) is 23.9 Å². The van der Waals surface area contributed by atoms with Crippen molar-refractivity contribution in [2.45, 2.75) is 64.5 Å². The highest BCUT2D eigenvalue weighted by Crippen LogP contribution is 2.39. The van der Waals surface area contributed by atoms with E-state index in [1.165, 1.54) is 10.6 Å². The van der Waals surface area contributed by atoms with Crippen molar-refractivity contribution in [3.63, 3.8) is 0 Å². The van der Waals surface area contributed by atoms with Crippen molar-refractivity contribution in [1.29, 1.82) is 0 Å². The van der Waals surface area contributed by atoms with E-state index in [4.69, 9.17) is 9.47 Å². The molecule has 1 saturated carbocycles. The first-order chi connectivity index (χ1) is 14.9. The maximum atomic E-state index is 12.9. The van der Waals surface area contributed by atoms with Crippen molar-refractivity contribution in [1.82, 2.24) is 19.5 Å². The maximum absolute atomic E-state index is 12.9. The second-order valence-electron chi connectivity index (χ2n) is 9.53. The van der Waals surface area contributed by atoms with E-state index in [1.807, 2.05) is 20.8 Å². The van der Waals surface area contributed by atoms with Gasteiger partial charge in [0.2, 0.25) is 5.95 Å². The van der Waals surface area contributed by atoms with Crippen molar-refractivity contribution >= 4 is 17.7 Å². The van der Waals surface area contributed by atoms with Crippen LogP contribution in [-0.2, 0) is 4.74 Å². The first kappa shape index (κ1) is 22.5. The number of carbonyl (C=O) groups is 1. The van der Waals surface area contributed by atoms with E-state index in [1.54, 1.807) is 17.2 Å². The number of fused-ring (bicyclic) bond motifs is 3. The monoisotopic (exact) mass is 455 g/mol. The van der Waals surface area contributed by atoms with Crippen molar-refractivity contribution in [3.05, 3.63) is 18.3 Å². The van der Waals surface area contributed by atoms with Gasteiger partial charge < -0.3 is 19.7 Å². The summed E-state index contributed by atoms with van der Waals surface area (Å²) in [6.45, 7) is 7.64. The Morgan fingerprint density at radius 1 is 1.22 bits per heavy atom. The first-order valence-corrected chi connectivity index (χ1v) is 10.7. The lowest BCUT2D eigenvalue weighted by atomic mass is 9.92. The van der Waals surface area contributed by atoms with E-state index in [-0.39, 0.29) is 35.4 Å². The lowest BCUT2D eigenvalue weighted by molar-refractivity contribution is -0.189. The van der Waals surface area contributed by atoms with Crippen LogP contribution >= 0.6 is 0 Å². The van der Waals surface area contributed by atoms with Gasteiger partial charge in [-0.15, -0.1) is 5.10 Å². The molecule has 11 heteroatoms. The number of halogens is 3. The molecule has 2 aromatic heterocycles. The van der Waals surface area contributed by atoms with E-state index in [0.717, 1.165) is 19.8 Å². The molecule has 1 aliphatic carbocycles. The Balaban J connectivity index is 1.47. The van der Waals surface area contributed by atoms with Crippen LogP contribution in [0.1, 0.15) is 40.5 Å². The largest absolute Gasteiger partial charge is 0.477 e. The molecule has 2 bridgehead atoms. The SMILES string of the molecule is C[C@@H](Oc1cccn2nc(N[C@@H]3[C@@H]4CC[C@H]3CN(C(=O)OC(C)(C)C)C4)nc12)C(F)(F)F. The Kier molecular flexibility index (Phi) is 5.62. The number of hydrogen-bond acceptors (Lipinski definition) is 6. The summed E-state index contributed by atoms with van der Waals surface area (Å²) in [7, 11) is 0. The van der Waals surface area contributed by atoms with Crippen LogP contribution < -0.4 is 10.1 Å². The molecule has 1 amide bonds. The number of nitrogens with zero attached hydrogens (tertiary/aromatic N) is 4. The molecule has 0 aromatic carbocycles. The molecule has 4 atom stereocenters. The summed E-state index contributed by atoms with van der Waals surface area (Å²) < 4.78 is 50.7. The predicted molar refractivity (Wildman–Crippen MR) is 111 cm³/mol. The van der Waals surface area contributed by atoms with E-state index < -0.39 is 17.9 Å². The molecule has 8 nitrogen and oxygen atoms in total. The van der Waals surface area contributed by atoms with Gasteiger partial charge in [0.1, 0.15) is 5.60 Å². The van der Waals surface area contributed by atoms with Crippen LogP contribution in [0.25, 0.3) is 5.65 Å².